The summed E-state index contributed by atoms with van der Waals surface area (Å²) in [6.07, 6.45) is 5.32. The number of rotatable bonds is 4. The molecule has 1 N–H and O–H groups in total. The van der Waals surface area contributed by atoms with E-state index in [1.54, 1.807) is 17.5 Å². The van der Waals surface area contributed by atoms with E-state index in [0.29, 0.717) is 0 Å². The monoisotopic (exact) mass is 281 g/mol. The molecule has 1 aromatic heterocycles. The molecular weight excluding hydrogens is 258 g/mol. The summed E-state index contributed by atoms with van der Waals surface area (Å²) in [5.41, 5.74) is -0.265. The Bertz CT molecular complexity index is 410. The standard InChI is InChI=1S/C14H23N3OS/c1-11(12(18)17-8-5-4-6-9-17)16-14(2,3)13-15-7-10-19-13/h7,10-11,16H,4-6,8-9H2,1-3H3. The quantitative estimate of drug-likeness (QED) is 0.921. The second kappa shape index (κ2) is 6.01. The van der Waals surface area contributed by atoms with Crippen LogP contribution in [0.1, 0.15) is 45.0 Å². The first-order chi connectivity index (χ1) is 9.00. The van der Waals surface area contributed by atoms with Crippen molar-refractivity contribution < 1.29 is 4.79 Å². The van der Waals surface area contributed by atoms with Gasteiger partial charge >= 0.3 is 0 Å². The molecule has 5 heteroatoms. The third-order valence-electron chi connectivity index (χ3n) is 3.58. The van der Waals surface area contributed by atoms with Crippen LogP contribution in [0, 0.1) is 0 Å². The maximum absolute atomic E-state index is 12.4. The molecule has 1 atom stereocenters. The average Bonchev–Trinajstić information content (AvgIpc) is 2.93. The highest BCUT2D eigenvalue weighted by Crippen LogP contribution is 2.23. The summed E-state index contributed by atoms with van der Waals surface area (Å²) < 4.78 is 0. The minimum absolute atomic E-state index is 0.169. The molecule has 1 saturated heterocycles. The first-order valence-electron chi connectivity index (χ1n) is 6.97. The van der Waals surface area contributed by atoms with E-state index in [0.717, 1.165) is 30.9 Å². The predicted molar refractivity (Wildman–Crippen MR) is 78.2 cm³/mol. The van der Waals surface area contributed by atoms with Crippen LogP contribution in [0.3, 0.4) is 0 Å². The van der Waals surface area contributed by atoms with E-state index in [-0.39, 0.29) is 17.5 Å². The fraction of sp³-hybridized carbons (Fsp3) is 0.714. The molecule has 1 aliphatic heterocycles. The van der Waals surface area contributed by atoms with Gasteiger partial charge in [0.2, 0.25) is 5.91 Å². The summed E-state index contributed by atoms with van der Waals surface area (Å²) >= 11 is 1.62. The lowest BCUT2D eigenvalue weighted by Crippen LogP contribution is -2.52. The number of aromatic nitrogens is 1. The number of hydrogen-bond acceptors (Lipinski definition) is 4. The van der Waals surface area contributed by atoms with Gasteiger partial charge in [0.15, 0.2) is 0 Å². The SMILES string of the molecule is CC(NC(C)(C)c1nccs1)C(=O)N1CCCCC1. The summed E-state index contributed by atoms with van der Waals surface area (Å²) in [5, 5.41) is 6.40. The first-order valence-corrected chi connectivity index (χ1v) is 7.85. The maximum atomic E-state index is 12.4. The lowest BCUT2D eigenvalue weighted by molar-refractivity contribution is -0.134. The number of carbonyl (C=O) groups excluding carboxylic acids is 1. The van der Waals surface area contributed by atoms with Crippen molar-refractivity contribution in [3.8, 4) is 0 Å². The second-order valence-electron chi connectivity index (χ2n) is 5.71. The predicted octanol–water partition coefficient (Wildman–Crippen LogP) is 2.37. The number of hydrogen-bond donors (Lipinski definition) is 1. The normalized spacial score (nSPS) is 18.4. The van der Waals surface area contributed by atoms with E-state index < -0.39 is 0 Å². The Labute approximate surface area is 119 Å². The van der Waals surface area contributed by atoms with E-state index in [1.807, 2.05) is 17.2 Å². The minimum Gasteiger partial charge on any atom is -0.341 e. The van der Waals surface area contributed by atoms with Crippen molar-refractivity contribution >= 4 is 17.2 Å². The third-order valence-corrected chi connectivity index (χ3v) is 4.68. The topological polar surface area (TPSA) is 45.2 Å². The van der Waals surface area contributed by atoms with Crippen molar-refractivity contribution in [3.05, 3.63) is 16.6 Å². The third kappa shape index (κ3) is 3.54. The Morgan fingerprint density at radius 3 is 2.68 bits per heavy atom. The molecule has 1 fully saturated rings. The highest BCUT2D eigenvalue weighted by molar-refractivity contribution is 7.09. The molecule has 106 valence electrons. The largest absolute Gasteiger partial charge is 0.341 e. The van der Waals surface area contributed by atoms with Crippen LogP contribution in [0.5, 0.6) is 0 Å². The number of nitrogens with one attached hydrogen (secondary N) is 1. The molecule has 19 heavy (non-hydrogen) atoms. The fourth-order valence-corrected chi connectivity index (χ4v) is 3.31. The number of likely N-dealkylation sites (tertiary alicyclic amines) is 1. The molecule has 1 amide bonds. The van der Waals surface area contributed by atoms with Crippen LogP contribution in [0.15, 0.2) is 11.6 Å². The fourth-order valence-electron chi connectivity index (χ4n) is 2.59. The second-order valence-corrected chi connectivity index (χ2v) is 6.61. The Kier molecular flexibility index (Phi) is 4.58. The molecule has 1 aliphatic rings. The van der Waals surface area contributed by atoms with Gasteiger partial charge in [-0.2, -0.15) is 0 Å². The van der Waals surface area contributed by atoms with Crippen LogP contribution < -0.4 is 5.32 Å². The Morgan fingerprint density at radius 2 is 2.11 bits per heavy atom. The summed E-state index contributed by atoms with van der Waals surface area (Å²) in [4.78, 5) is 18.7. The van der Waals surface area contributed by atoms with Crippen molar-refractivity contribution in [2.24, 2.45) is 0 Å². The summed E-state index contributed by atoms with van der Waals surface area (Å²) in [6, 6.07) is -0.169. The van der Waals surface area contributed by atoms with Gasteiger partial charge in [-0.05, 0) is 40.0 Å². The Hall–Kier alpha value is -0.940. The van der Waals surface area contributed by atoms with Crippen molar-refractivity contribution in [1.29, 1.82) is 0 Å². The summed E-state index contributed by atoms with van der Waals surface area (Å²) in [5.74, 6) is 0.212. The molecule has 0 aliphatic carbocycles. The zero-order valence-corrected chi connectivity index (χ0v) is 12.8. The van der Waals surface area contributed by atoms with Gasteiger partial charge in [-0.15, -0.1) is 11.3 Å². The van der Waals surface area contributed by atoms with E-state index in [2.05, 4.69) is 24.1 Å². The van der Waals surface area contributed by atoms with Gasteiger partial charge < -0.3 is 4.90 Å². The van der Waals surface area contributed by atoms with E-state index in [1.165, 1.54) is 6.42 Å². The van der Waals surface area contributed by atoms with Crippen molar-refractivity contribution in [1.82, 2.24) is 15.2 Å². The lowest BCUT2D eigenvalue weighted by atomic mass is 10.0. The van der Waals surface area contributed by atoms with Crippen LogP contribution in [-0.2, 0) is 10.3 Å². The Balaban J connectivity index is 1.96. The van der Waals surface area contributed by atoms with E-state index in [9.17, 15) is 4.79 Å². The van der Waals surface area contributed by atoms with Gasteiger partial charge in [0.05, 0.1) is 11.6 Å². The zero-order chi connectivity index (χ0) is 13.9. The maximum Gasteiger partial charge on any atom is 0.239 e. The van der Waals surface area contributed by atoms with Crippen LogP contribution in [0.4, 0.5) is 0 Å². The molecule has 0 saturated carbocycles. The van der Waals surface area contributed by atoms with Crippen LogP contribution in [0.2, 0.25) is 0 Å². The van der Waals surface area contributed by atoms with Gasteiger partial charge in [-0.25, -0.2) is 4.98 Å². The van der Waals surface area contributed by atoms with Gasteiger partial charge in [-0.3, -0.25) is 10.1 Å². The van der Waals surface area contributed by atoms with E-state index in [4.69, 9.17) is 0 Å². The molecule has 1 unspecified atom stereocenters. The van der Waals surface area contributed by atoms with Crippen LogP contribution in [0.25, 0.3) is 0 Å². The number of amides is 1. The molecule has 0 bridgehead atoms. The summed E-state index contributed by atoms with van der Waals surface area (Å²) in [6.45, 7) is 7.91. The first kappa shape index (κ1) is 14.5. The molecule has 4 nitrogen and oxygen atoms in total. The van der Waals surface area contributed by atoms with Gasteiger partial charge in [0, 0.05) is 24.7 Å². The smallest absolute Gasteiger partial charge is 0.239 e. The molecule has 2 heterocycles. The van der Waals surface area contributed by atoms with Crippen LogP contribution >= 0.6 is 11.3 Å². The molecule has 0 radical (unpaired) electrons. The Morgan fingerprint density at radius 1 is 1.42 bits per heavy atom. The molecule has 1 aromatic rings. The number of thiazole rings is 1. The van der Waals surface area contributed by atoms with Gasteiger partial charge in [0.25, 0.3) is 0 Å². The van der Waals surface area contributed by atoms with Gasteiger partial charge in [0.1, 0.15) is 5.01 Å². The number of piperidine rings is 1. The van der Waals surface area contributed by atoms with Gasteiger partial charge in [-0.1, -0.05) is 0 Å². The lowest BCUT2D eigenvalue weighted by Gasteiger charge is -2.33. The molecular formula is C14H23N3OS. The highest BCUT2D eigenvalue weighted by Gasteiger charge is 2.30. The molecule has 0 aromatic carbocycles. The summed E-state index contributed by atoms with van der Waals surface area (Å²) in [7, 11) is 0. The van der Waals surface area contributed by atoms with Crippen molar-refractivity contribution in [2.45, 2.75) is 51.6 Å². The van der Waals surface area contributed by atoms with Crippen molar-refractivity contribution in [2.75, 3.05) is 13.1 Å². The average molecular weight is 281 g/mol. The number of nitrogens with zero attached hydrogens (tertiary/aromatic N) is 2. The van der Waals surface area contributed by atoms with Crippen molar-refractivity contribution in [3.63, 3.8) is 0 Å². The minimum atomic E-state index is -0.265. The molecule has 0 spiro atoms. The van der Waals surface area contributed by atoms with E-state index >= 15 is 0 Å². The highest BCUT2D eigenvalue weighted by atomic mass is 32.1. The zero-order valence-electron chi connectivity index (χ0n) is 12.0. The molecule has 2 rings (SSSR count). The van der Waals surface area contributed by atoms with Crippen LogP contribution in [-0.4, -0.2) is 34.9 Å². The number of carbonyl (C=O) groups is 1.